The predicted octanol–water partition coefficient (Wildman–Crippen LogP) is 2.30. The van der Waals surface area contributed by atoms with Gasteiger partial charge in [-0.05, 0) is 48.6 Å². The monoisotopic (exact) mass is 346 g/mol. The van der Waals surface area contributed by atoms with Crippen LogP contribution in [0.2, 0.25) is 0 Å². The normalized spacial score (nSPS) is 11.2. The number of aliphatic hydroxyl groups is 1. The average Bonchev–Trinajstić information content (AvgIpc) is 2.61. The summed E-state index contributed by atoms with van der Waals surface area (Å²) in [6.45, 7) is -0.418. The van der Waals surface area contributed by atoms with Crippen molar-refractivity contribution in [3.63, 3.8) is 0 Å². The maximum atomic E-state index is 11.4. The first-order valence-electron chi connectivity index (χ1n) is 7.21. The molecule has 2 aromatic rings. The van der Waals surface area contributed by atoms with Crippen molar-refractivity contribution >= 4 is 29.0 Å². The fraction of sp³-hybridized carbons (Fsp3) is 0.176. The number of hydrogen-bond acceptors (Lipinski definition) is 5. The van der Waals surface area contributed by atoms with Gasteiger partial charge in [0.25, 0.3) is 0 Å². The molecule has 6 nitrogen and oxygen atoms in total. The van der Waals surface area contributed by atoms with Crippen LogP contribution in [0.3, 0.4) is 0 Å². The predicted molar refractivity (Wildman–Crippen MR) is 95.2 cm³/mol. The summed E-state index contributed by atoms with van der Waals surface area (Å²) in [6.07, 6.45) is 0. The lowest BCUT2D eigenvalue weighted by Crippen LogP contribution is -2.45. The Balaban J connectivity index is 1.91. The van der Waals surface area contributed by atoms with E-state index in [1.165, 1.54) is 7.11 Å². The zero-order chi connectivity index (χ0) is 17.4. The molecule has 3 N–H and O–H groups in total. The molecule has 0 saturated carbocycles. The molecule has 7 heteroatoms. The van der Waals surface area contributed by atoms with Crippen molar-refractivity contribution in [1.82, 2.24) is 5.32 Å². The minimum Gasteiger partial charge on any atom is -0.467 e. The van der Waals surface area contributed by atoms with E-state index in [1.54, 1.807) is 24.3 Å². The summed E-state index contributed by atoms with van der Waals surface area (Å²) in [7, 11) is 1.24. The molecule has 0 saturated heterocycles. The Morgan fingerprint density at radius 3 is 2.33 bits per heavy atom. The standard InChI is InChI=1S/C17H18N2O4S/c1-22-16(21)15(11-20)19-17(24)18-12-7-9-14(10-8-12)23-13-5-3-2-4-6-13/h2-10,15,20H,11H2,1H3,(H2,18,19,24). The smallest absolute Gasteiger partial charge is 0.330 e. The van der Waals surface area contributed by atoms with E-state index in [9.17, 15) is 4.79 Å². The van der Waals surface area contributed by atoms with Gasteiger partial charge in [-0.15, -0.1) is 0 Å². The number of methoxy groups -OCH3 is 1. The van der Waals surface area contributed by atoms with Gasteiger partial charge in [-0.2, -0.15) is 0 Å². The van der Waals surface area contributed by atoms with Crippen LogP contribution in [0.4, 0.5) is 5.69 Å². The lowest BCUT2D eigenvalue weighted by Gasteiger charge is -2.17. The van der Waals surface area contributed by atoms with Crippen LogP contribution in [-0.4, -0.2) is 35.9 Å². The van der Waals surface area contributed by atoms with Crippen molar-refractivity contribution in [3.8, 4) is 11.5 Å². The highest BCUT2D eigenvalue weighted by atomic mass is 32.1. The summed E-state index contributed by atoms with van der Waals surface area (Å²) < 4.78 is 10.3. The van der Waals surface area contributed by atoms with Gasteiger partial charge in [-0.3, -0.25) is 0 Å². The first-order chi connectivity index (χ1) is 11.6. The Morgan fingerprint density at radius 2 is 1.75 bits per heavy atom. The van der Waals surface area contributed by atoms with E-state index in [1.807, 2.05) is 30.3 Å². The van der Waals surface area contributed by atoms with Crippen LogP contribution in [0.5, 0.6) is 11.5 Å². The molecule has 126 valence electrons. The van der Waals surface area contributed by atoms with Gasteiger partial charge < -0.3 is 25.2 Å². The minimum atomic E-state index is -0.907. The SMILES string of the molecule is COC(=O)C(CO)NC(=S)Nc1ccc(Oc2ccccc2)cc1. The summed E-state index contributed by atoms with van der Waals surface area (Å²) >= 11 is 5.11. The third kappa shape index (κ3) is 5.22. The van der Waals surface area contributed by atoms with Gasteiger partial charge in [0.05, 0.1) is 13.7 Å². The number of esters is 1. The van der Waals surface area contributed by atoms with Gasteiger partial charge in [0.2, 0.25) is 0 Å². The first-order valence-corrected chi connectivity index (χ1v) is 7.62. The molecule has 0 radical (unpaired) electrons. The molecule has 1 atom stereocenters. The van der Waals surface area contributed by atoms with Crippen molar-refractivity contribution in [3.05, 3.63) is 54.6 Å². The van der Waals surface area contributed by atoms with E-state index in [0.29, 0.717) is 5.75 Å². The fourth-order valence-corrected chi connectivity index (χ4v) is 2.14. The van der Waals surface area contributed by atoms with Crippen molar-refractivity contribution in [2.75, 3.05) is 19.0 Å². The molecule has 0 aliphatic carbocycles. The van der Waals surface area contributed by atoms with E-state index < -0.39 is 18.6 Å². The lowest BCUT2D eigenvalue weighted by atomic mass is 10.3. The van der Waals surface area contributed by atoms with Crippen LogP contribution < -0.4 is 15.4 Å². The maximum Gasteiger partial charge on any atom is 0.330 e. The molecule has 24 heavy (non-hydrogen) atoms. The van der Waals surface area contributed by atoms with Gasteiger partial charge in [-0.1, -0.05) is 18.2 Å². The third-order valence-corrected chi connectivity index (χ3v) is 3.28. The molecule has 0 fully saturated rings. The van der Waals surface area contributed by atoms with Crippen LogP contribution in [0.1, 0.15) is 0 Å². The van der Waals surface area contributed by atoms with Gasteiger partial charge in [0.15, 0.2) is 5.11 Å². The number of ether oxygens (including phenoxy) is 2. The molecule has 0 aliphatic heterocycles. The van der Waals surface area contributed by atoms with Crippen molar-refractivity contribution in [2.45, 2.75) is 6.04 Å². The zero-order valence-corrected chi connectivity index (χ0v) is 13.9. The topological polar surface area (TPSA) is 79.8 Å². The second-order valence-electron chi connectivity index (χ2n) is 4.80. The molecule has 0 aromatic heterocycles. The maximum absolute atomic E-state index is 11.4. The molecule has 0 heterocycles. The molecular weight excluding hydrogens is 328 g/mol. The third-order valence-electron chi connectivity index (χ3n) is 3.06. The molecule has 0 aliphatic rings. The molecule has 0 spiro atoms. The van der Waals surface area contributed by atoms with Crippen LogP contribution >= 0.6 is 12.2 Å². The Labute approximate surface area is 145 Å². The molecular formula is C17H18N2O4S. The number of benzene rings is 2. The van der Waals surface area contributed by atoms with Crippen LogP contribution in [0, 0.1) is 0 Å². The number of aliphatic hydroxyl groups excluding tert-OH is 1. The summed E-state index contributed by atoms with van der Waals surface area (Å²) in [4.78, 5) is 11.4. The molecule has 1 unspecified atom stereocenters. The molecule has 0 bridgehead atoms. The van der Waals surface area contributed by atoms with Gasteiger partial charge in [0, 0.05) is 5.69 Å². The first kappa shape index (κ1) is 17.7. The second kappa shape index (κ2) is 8.85. The summed E-state index contributed by atoms with van der Waals surface area (Å²) in [5.41, 5.74) is 0.717. The molecule has 0 amide bonds. The van der Waals surface area contributed by atoms with Crippen LogP contribution in [0.25, 0.3) is 0 Å². The number of carbonyl (C=O) groups is 1. The highest BCUT2D eigenvalue weighted by Gasteiger charge is 2.18. The van der Waals surface area contributed by atoms with Crippen molar-refractivity contribution in [2.24, 2.45) is 0 Å². The van der Waals surface area contributed by atoms with Crippen molar-refractivity contribution in [1.29, 1.82) is 0 Å². The van der Waals surface area contributed by atoms with E-state index >= 15 is 0 Å². The van der Waals surface area contributed by atoms with E-state index in [-0.39, 0.29) is 5.11 Å². The highest BCUT2D eigenvalue weighted by Crippen LogP contribution is 2.22. The van der Waals surface area contributed by atoms with Gasteiger partial charge in [0.1, 0.15) is 17.5 Å². The Hall–Kier alpha value is -2.64. The van der Waals surface area contributed by atoms with Gasteiger partial charge >= 0.3 is 5.97 Å². The minimum absolute atomic E-state index is 0.205. The lowest BCUT2D eigenvalue weighted by molar-refractivity contribution is -0.143. The zero-order valence-electron chi connectivity index (χ0n) is 13.1. The summed E-state index contributed by atoms with van der Waals surface area (Å²) in [5.74, 6) is 0.848. The Kier molecular flexibility index (Phi) is 6.53. The molecule has 2 rings (SSSR count). The average molecular weight is 346 g/mol. The number of para-hydroxylation sites is 1. The summed E-state index contributed by atoms with van der Waals surface area (Å²) in [5, 5.41) is 15.0. The van der Waals surface area contributed by atoms with E-state index in [4.69, 9.17) is 22.1 Å². The van der Waals surface area contributed by atoms with Crippen molar-refractivity contribution < 1.29 is 19.4 Å². The Bertz CT molecular complexity index is 677. The summed E-state index contributed by atoms with van der Waals surface area (Å²) in [6, 6.07) is 15.7. The number of anilines is 1. The van der Waals surface area contributed by atoms with Crippen LogP contribution in [-0.2, 0) is 9.53 Å². The number of rotatable bonds is 6. The number of thiocarbonyl (C=S) groups is 1. The second-order valence-corrected chi connectivity index (χ2v) is 5.20. The number of hydrogen-bond donors (Lipinski definition) is 3. The van der Waals surface area contributed by atoms with Crippen LogP contribution in [0.15, 0.2) is 54.6 Å². The number of nitrogens with one attached hydrogen (secondary N) is 2. The Morgan fingerprint density at radius 1 is 1.12 bits per heavy atom. The molecule has 2 aromatic carbocycles. The largest absolute Gasteiger partial charge is 0.467 e. The fourth-order valence-electron chi connectivity index (χ4n) is 1.88. The van der Waals surface area contributed by atoms with Gasteiger partial charge in [-0.25, -0.2) is 4.79 Å². The quantitative estimate of drug-likeness (QED) is 0.547. The number of carbonyl (C=O) groups excluding carboxylic acids is 1. The van der Waals surface area contributed by atoms with E-state index in [0.717, 1.165) is 11.4 Å². The van der Waals surface area contributed by atoms with E-state index in [2.05, 4.69) is 15.4 Å². The highest BCUT2D eigenvalue weighted by molar-refractivity contribution is 7.80.